The van der Waals surface area contributed by atoms with E-state index in [1.807, 2.05) is 43.3 Å². The summed E-state index contributed by atoms with van der Waals surface area (Å²) >= 11 is 0. The van der Waals surface area contributed by atoms with Crippen molar-refractivity contribution in [3.8, 4) is 11.5 Å². The second-order valence-corrected chi connectivity index (χ2v) is 6.15. The van der Waals surface area contributed by atoms with Gasteiger partial charge in [-0.1, -0.05) is 20.3 Å². The highest BCUT2D eigenvalue weighted by atomic mass is 16.5. The summed E-state index contributed by atoms with van der Waals surface area (Å²) in [5.74, 6) is 2.08. The maximum absolute atomic E-state index is 12.2. The van der Waals surface area contributed by atoms with Gasteiger partial charge in [0.05, 0.1) is 13.2 Å². The van der Waals surface area contributed by atoms with Crippen LogP contribution in [0.1, 0.15) is 37.6 Å². The van der Waals surface area contributed by atoms with E-state index in [2.05, 4.69) is 19.2 Å². The summed E-state index contributed by atoms with van der Waals surface area (Å²) < 4.78 is 11.1. The van der Waals surface area contributed by atoms with Crippen molar-refractivity contribution in [1.29, 1.82) is 0 Å². The Labute approximate surface area is 155 Å². The Hall–Kier alpha value is -2.75. The minimum Gasteiger partial charge on any atom is -0.494 e. The van der Waals surface area contributed by atoms with E-state index in [9.17, 15) is 4.79 Å². The van der Waals surface area contributed by atoms with Gasteiger partial charge in [-0.15, -0.1) is 0 Å². The summed E-state index contributed by atoms with van der Waals surface area (Å²) in [7, 11) is 0. The van der Waals surface area contributed by atoms with Crippen LogP contribution in [0.3, 0.4) is 0 Å². The van der Waals surface area contributed by atoms with Crippen molar-refractivity contribution >= 4 is 11.5 Å². The summed E-state index contributed by atoms with van der Waals surface area (Å²) in [5, 5.41) is 3.08. The zero-order valence-electron chi connectivity index (χ0n) is 15.7. The molecule has 0 aliphatic heterocycles. The van der Waals surface area contributed by atoms with E-state index >= 15 is 0 Å². The van der Waals surface area contributed by atoms with Crippen LogP contribution in [0.15, 0.2) is 60.8 Å². The molecule has 0 aliphatic rings. The average molecular weight is 353 g/mol. The third-order valence-corrected chi connectivity index (χ3v) is 4.02. The molecule has 2 aromatic rings. The van der Waals surface area contributed by atoms with Crippen LogP contribution < -0.4 is 14.8 Å². The number of ketones is 1. The number of anilines is 1. The summed E-state index contributed by atoms with van der Waals surface area (Å²) in [4.78, 5) is 12.2. The minimum absolute atomic E-state index is 0.0584. The minimum atomic E-state index is -0.0584. The lowest BCUT2D eigenvalue weighted by Gasteiger charge is -2.10. The molecule has 4 nitrogen and oxygen atoms in total. The van der Waals surface area contributed by atoms with Gasteiger partial charge in [0.1, 0.15) is 11.5 Å². The van der Waals surface area contributed by atoms with Crippen LogP contribution in [0.2, 0.25) is 0 Å². The number of rotatable bonds is 10. The third kappa shape index (κ3) is 6.28. The Morgan fingerprint density at radius 2 is 1.62 bits per heavy atom. The Kier molecular flexibility index (Phi) is 7.75. The first kappa shape index (κ1) is 19.6. The average Bonchev–Trinajstić information content (AvgIpc) is 2.68. The monoisotopic (exact) mass is 353 g/mol. The van der Waals surface area contributed by atoms with Crippen molar-refractivity contribution in [2.75, 3.05) is 18.5 Å². The van der Waals surface area contributed by atoms with Gasteiger partial charge in [-0.2, -0.15) is 0 Å². The fourth-order valence-corrected chi connectivity index (χ4v) is 2.20. The summed E-state index contributed by atoms with van der Waals surface area (Å²) in [5.41, 5.74) is 1.52. The molecule has 0 bridgehead atoms. The summed E-state index contributed by atoms with van der Waals surface area (Å²) in [6.45, 7) is 7.58. The number of hydrogen-bond acceptors (Lipinski definition) is 4. The predicted molar refractivity (Wildman–Crippen MR) is 106 cm³/mol. The van der Waals surface area contributed by atoms with E-state index < -0.39 is 0 Å². The molecule has 2 aromatic carbocycles. The van der Waals surface area contributed by atoms with Gasteiger partial charge in [0, 0.05) is 23.5 Å². The summed E-state index contributed by atoms with van der Waals surface area (Å²) in [6, 6.07) is 14.8. The SMILES string of the molecule is CCOc1ccc(N/C=C/C(=O)c2ccc(OC[C@@H](C)CC)cc2)cc1. The molecule has 1 atom stereocenters. The fraction of sp³-hybridized carbons (Fsp3) is 0.318. The molecule has 138 valence electrons. The zero-order valence-corrected chi connectivity index (χ0v) is 15.7. The molecule has 0 aromatic heterocycles. The van der Waals surface area contributed by atoms with Gasteiger partial charge in [0.15, 0.2) is 5.78 Å². The molecule has 26 heavy (non-hydrogen) atoms. The van der Waals surface area contributed by atoms with E-state index in [1.165, 1.54) is 6.08 Å². The first-order chi connectivity index (χ1) is 12.6. The molecule has 1 N–H and O–H groups in total. The highest BCUT2D eigenvalue weighted by Gasteiger charge is 2.04. The molecule has 0 fully saturated rings. The van der Waals surface area contributed by atoms with Gasteiger partial charge in [-0.25, -0.2) is 0 Å². The van der Waals surface area contributed by atoms with Crippen LogP contribution in [0.4, 0.5) is 5.69 Å². The van der Waals surface area contributed by atoms with Crippen molar-refractivity contribution in [3.05, 3.63) is 66.4 Å². The Balaban J connectivity index is 1.85. The van der Waals surface area contributed by atoms with E-state index in [-0.39, 0.29) is 5.78 Å². The molecule has 0 radical (unpaired) electrons. The number of ether oxygens (including phenoxy) is 2. The number of carbonyl (C=O) groups is 1. The smallest absolute Gasteiger partial charge is 0.187 e. The molecule has 0 unspecified atom stereocenters. The van der Waals surface area contributed by atoms with Gasteiger partial charge in [0.2, 0.25) is 0 Å². The van der Waals surface area contributed by atoms with Crippen LogP contribution >= 0.6 is 0 Å². The first-order valence-corrected chi connectivity index (χ1v) is 9.05. The standard InChI is InChI=1S/C22H27NO3/c1-4-17(3)16-26-21-10-6-18(7-11-21)22(24)14-15-23-19-8-12-20(13-9-19)25-5-2/h6-15,17,23H,4-5,16H2,1-3H3/b15-14+/t17-/m0/s1. The number of nitrogens with one attached hydrogen (secondary N) is 1. The van der Waals surface area contributed by atoms with Gasteiger partial charge in [0.25, 0.3) is 0 Å². The van der Waals surface area contributed by atoms with Crippen molar-refractivity contribution in [1.82, 2.24) is 0 Å². The summed E-state index contributed by atoms with van der Waals surface area (Å²) in [6.07, 6.45) is 4.25. The molecular weight excluding hydrogens is 326 g/mol. The molecule has 0 spiro atoms. The molecule has 4 heteroatoms. The van der Waals surface area contributed by atoms with Gasteiger partial charge in [-0.3, -0.25) is 4.79 Å². The largest absolute Gasteiger partial charge is 0.494 e. The molecule has 0 saturated carbocycles. The highest BCUT2D eigenvalue weighted by molar-refractivity contribution is 6.04. The van der Waals surface area contributed by atoms with Crippen LogP contribution in [0.25, 0.3) is 0 Å². The lowest BCUT2D eigenvalue weighted by Crippen LogP contribution is -2.07. The topological polar surface area (TPSA) is 47.6 Å². The fourth-order valence-electron chi connectivity index (χ4n) is 2.20. The van der Waals surface area contributed by atoms with E-state index in [0.717, 1.165) is 23.6 Å². The quantitative estimate of drug-likeness (QED) is 0.464. The van der Waals surface area contributed by atoms with Crippen molar-refractivity contribution < 1.29 is 14.3 Å². The Bertz CT molecular complexity index is 705. The maximum Gasteiger partial charge on any atom is 0.187 e. The second-order valence-electron chi connectivity index (χ2n) is 6.15. The molecule has 0 amide bonds. The molecule has 0 saturated heterocycles. The Morgan fingerprint density at radius 1 is 1.00 bits per heavy atom. The maximum atomic E-state index is 12.2. The highest BCUT2D eigenvalue weighted by Crippen LogP contribution is 2.16. The van der Waals surface area contributed by atoms with Crippen LogP contribution in [0, 0.1) is 5.92 Å². The number of carbonyl (C=O) groups excluding carboxylic acids is 1. The normalized spacial score (nSPS) is 12.0. The molecule has 0 heterocycles. The lowest BCUT2D eigenvalue weighted by atomic mass is 10.1. The van der Waals surface area contributed by atoms with Gasteiger partial charge >= 0.3 is 0 Å². The van der Waals surface area contributed by atoms with Crippen molar-refractivity contribution in [2.45, 2.75) is 27.2 Å². The van der Waals surface area contributed by atoms with Gasteiger partial charge < -0.3 is 14.8 Å². The van der Waals surface area contributed by atoms with Crippen molar-refractivity contribution in [2.24, 2.45) is 5.92 Å². The first-order valence-electron chi connectivity index (χ1n) is 9.05. The molecule has 2 rings (SSSR count). The van der Waals surface area contributed by atoms with Crippen LogP contribution in [0.5, 0.6) is 11.5 Å². The number of hydrogen-bond donors (Lipinski definition) is 1. The number of allylic oxidation sites excluding steroid dienone is 1. The van der Waals surface area contributed by atoms with Gasteiger partial charge in [-0.05, 0) is 61.4 Å². The molecular formula is C22H27NO3. The van der Waals surface area contributed by atoms with E-state index in [1.54, 1.807) is 18.3 Å². The lowest BCUT2D eigenvalue weighted by molar-refractivity contribution is 0.104. The predicted octanol–water partition coefficient (Wildman–Crippen LogP) is 5.32. The van der Waals surface area contributed by atoms with Crippen LogP contribution in [-0.4, -0.2) is 19.0 Å². The van der Waals surface area contributed by atoms with E-state index in [0.29, 0.717) is 24.7 Å². The third-order valence-electron chi connectivity index (χ3n) is 4.02. The molecule has 0 aliphatic carbocycles. The van der Waals surface area contributed by atoms with E-state index in [4.69, 9.17) is 9.47 Å². The second kappa shape index (κ2) is 10.3. The number of benzene rings is 2. The van der Waals surface area contributed by atoms with Crippen LogP contribution in [-0.2, 0) is 0 Å². The van der Waals surface area contributed by atoms with Crippen molar-refractivity contribution in [3.63, 3.8) is 0 Å². The zero-order chi connectivity index (χ0) is 18.8. The Morgan fingerprint density at radius 3 is 2.23 bits per heavy atom.